The van der Waals surface area contributed by atoms with E-state index >= 15 is 0 Å². The van der Waals surface area contributed by atoms with Crippen LogP contribution in [0.5, 0.6) is 0 Å². The molecule has 4 rings (SSSR count). The molecule has 3 fully saturated rings. The van der Waals surface area contributed by atoms with Crippen LogP contribution in [0, 0.1) is 5.92 Å². The largest absolute Gasteiger partial charge is 0.382 e. The summed E-state index contributed by atoms with van der Waals surface area (Å²) in [5, 5.41) is 14.5. The van der Waals surface area contributed by atoms with Gasteiger partial charge in [-0.15, -0.1) is 0 Å². The monoisotopic (exact) mass is 360 g/mol. The summed E-state index contributed by atoms with van der Waals surface area (Å²) in [7, 11) is 1.94. The Morgan fingerprint density at radius 1 is 1.27 bits per heavy atom. The van der Waals surface area contributed by atoms with Crippen molar-refractivity contribution in [2.24, 2.45) is 13.0 Å². The zero-order chi connectivity index (χ0) is 18.3. The number of carbonyl (C=O) groups is 1. The molecule has 1 aromatic heterocycles. The van der Waals surface area contributed by atoms with Crippen LogP contribution in [0.3, 0.4) is 0 Å². The molecule has 0 radical (unpaired) electrons. The first kappa shape index (κ1) is 18.0. The molecule has 3 aliphatic rings. The number of imidazole rings is 1. The Kier molecular flexibility index (Phi) is 4.82. The van der Waals surface area contributed by atoms with E-state index in [1.54, 1.807) is 6.20 Å². The average molecular weight is 361 g/mol. The Morgan fingerprint density at radius 3 is 2.58 bits per heavy atom. The zero-order valence-corrected chi connectivity index (χ0v) is 16.0. The van der Waals surface area contributed by atoms with Crippen molar-refractivity contribution < 1.29 is 9.90 Å². The maximum Gasteiger partial charge on any atom is 0.234 e. The van der Waals surface area contributed by atoms with Crippen LogP contribution in [0.2, 0.25) is 0 Å². The van der Waals surface area contributed by atoms with Gasteiger partial charge in [0.1, 0.15) is 11.4 Å². The van der Waals surface area contributed by atoms with Gasteiger partial charge in [-0.25, -0.2) is 4.98 Å². The number of hydrogen-bond donors (Lipinski definition) is 2. The summed E-state index contributed by atoms with van der Waals surface area (Å²) in [5.41, 5.74) is -0.866. The summed E-state index contributed by atoms with van der Waals surface area (Å²) in [6.07, 6.45) is 11.9. The van der Waals surface area contributed by atoms with Crippen LogP contribution in [0.4, 0.5) is 0 Å². The third-order valence-corrected chi connectivity index (χ3v) is 6.94. The molecule has 6 nitrogen and oxygen atoms in total. The molecule has 1 amide bonds. The molecule has 2 saturated heterocycles. The van der Waals surface area contributed by atoms with Gasteiger partial charge < -0.3 is 15.0 Å². The second-order valence-electron chi connectivity index (χ2n) is 8.79. The number of fused-ring (bicyclic) bond motifs is 2. The lowest BCUT2D eigenvalue weighted by atomic mass is 9.85. The standard InChI is InChI=1S/C20H32N4O2/c1-14-5-3-4-6-17(14)22-18(25)13-24-15-7-8-16(24)12-20(26,11-15)19-21-9-10-23(19)2/h9-10,14-17,26H,3-8,11-13H2,1-2H3,(H,22,25)/t14-,15-,16-,17-/m0/s1. The van der Waals surface area contributed by atoms with Crippen LogP contribution in [-0.4, -0.2) is 50.1 Å². The number of aliphatic hydroxyl groups is 1. The lowest BCUT2D eigenvalue weighted by Crippen LogP contribution is -2.54. The number of amides is 1. The van der Waals surface area contributed by atoms with Crippen LogP contribution in [0.25, 0.3) is 0 Å². The van der Waals surface area contributed by atoms with Crippen molar-refractivity contribution in [3.05, 3.63) is 18.2 Å². The molecule has 2 bridgehead atoms. The number of rotatable bonds is 4. The Balaban J connectivity index is 1.39. The van der Waals surface area contributed by atoms with Gasteiger partial charge in [0.15, 0.2) is 0 Å². The summed E-state index contributed by atoms with van der Waals surface area (Å²) in [4.78, 5) is 19.4. The lowest BCUT2D eigenvalue weighted by molar-refractivity contribution is -0.127. The first-order valence-electron chi connectivity index (χ1n) is 10.2. The van der Waals surface area contributed by atoms with E-state index < -0.39 is 5.60 Å². The molecule has 0 aromatic carbocycles. The summed E-state index contributed by atoms with van der Waals surface area (Å²) in [6.45, 7) is 2.72. The minimum atomic E-state index is -0.866. The SMILES string of the molecule is C[C@H]1CCCC[C@@H]1NC(=O)CN1[C@H]2CC[C@H]1CC(O)(c1nccn1C)C2. The molecule has 1 aliphatic carbocycles. The lowest BCUT2D eigenvalue weighted by Gasteiger charge is -2.43. The average Bonchev–Trinajstić information content (AvgIpc) is 3.13. The fourth-order valence-electron chi connectivity index (χ4n) is 5.52. The molecule has 1 saturated carbocycles. The van der Waals surface area contributed by atoms with Crippen LogP contribution in [-0.2, 0) is 17.4 Å². The molecule has 144 valence electrons. The number of carbonyl (C=O) groups excluding carboxylic acids is 1. The minimum absolute atomic E-state index is 0.156. The smallest absolute Gasteiger partial charge is 0.234 e. The van der Waals surface area contributed by atoms with Gasteiger partial charge in [0.05, 0.1) is 6.54 Å². The molecule has 26 heavy (non-hydrogen) atoms. The van der Waals surface area contributed by atoms with Crippen LogP contribution in [0.1, 0.15) is 64.1 Å². The Hall–Kier alpha value is -1.40. The van der Waals surface area contributed by atoms with Crippen molar-refractivity contribution in [3.8, 4) is 0 Å². The molecule has 3 heterocycles. The first-order valence-corrected chi connectivity index (χ1v) is 10.2. The maximum atomic E-state index is 12.7. The third kappa shape index (κ3) is 3.29. The van der Waals surface area contributed by atoms with Gasteiger partial charge >= 0.3 is 0 Å². The summed E-state index contributed by atoms with van der Waals surface area (Å²) in [6, 6.07) is 0.873. The van der Waals surface area contributed by atoms with Gasteiger partial charge in [-0.3, -0.25) is 9.69 Å². The number of aryl methyl sites for hydroxylation is 1. The molecule has 0 unspecified atom stereocenters. The highest BCUT2D eigenvalue weighted by Gasteiger charge is 2.50. The fraction of sp³-hybridized carbons (Fsp3) is 0.800. The highest BCUT2D eigenvalue weighted by molar-refractivity contribution is 5.78. The maximum absolute atomic E-state index is 12.7. The van der Waals surface area contributed by atoms with E-state index in [0.29, 0.717) is 31.3 Å². The van der Waals surface area contributed by atoms with Gasteiger partial charge in [0.2, 0.25) is 5.91 Å². The van der Waals surface area contributed by atoms with E-state index in [9.17, 15) is 9.90 Å². The zero-order valence-electron chi connectivity index (χ0n) is 16.0. The van der Waals surface area contributed by atoms with E-state index in [-0.39, 0.29) is 18.0 Å². The minimum Gasteiger partial charge on any atom is -0.382 e. The Bertz CT molecular complexity index is 644. The number of hydrogen-bond acceptors (Lipinski definition) is 4. The number of nitrogens with zero attached hydrogens (tertiary/aromatic N) is 3. The highest BCUT2D eigenvalue weighted by Crippen LogP contribution is 2.44. The van der Waals surface area contributed by atoms with Crippen molar-refractivity contribution >= 4 is 5.91 Å². The van der Waals surface area contributed by atoms with Gasteiger partial charge in [-0.1, -0.05) is 19.8 Å². The third-order valence-electron chi connectivity index (χ3n) is 6.94. The van der Waals surface area contributed by atoms with Gasteiger partial charge in [-0.2, -0.15) is 0 Å². The van der Waals surface area contributed by atoms with Crippen molar-refractivity contribution in [3.63, 3.8) is 0 Å². The molecular formula is C20H32N4O2. The predicted octanol–water partition coefficient (Wildman–Crippen LogP) is 1.93. The van der Waals surface area contributed by atoms with Crippen molar-refractivity contribution in [2.75, 3.05) is 6.54 Å². The molecule has 4 atom stereocenters. The van der Waals surface area contributed by atoms with E-state index in [1.807, 2.05) is 17.8 Å². The predicted molar refractivity (Wildman–Crippen MR) is 99.4 cm³/mol. The van der Waals surface area contributed by atoms with E-state index in [4.69, 9.17) is 0 Å². The van der Waals surface area contributed by atoms with Crippen LogP contribution < -0.4 is 5.32 Å². The second-order valence-corrected chi connectivity index (χ2v) is 8.79. The van der Waals surface area contributed by atoms with Crippen LogP contribution >= 0.6 is 0 Å². The first-order chi connectivity index (χ1) is 12.5. The summed E-state index contributed by atoms with van der Waals surface area (Å²) < 4.78 is 1.92. The van der Waals surface area contributed by atoms with E-state index in [0.717, 1.165) is 25.1 Å². The quantitative estimate of drug-likeness (QED) is 0.861. The van der Waals surface area contributed by atoms with Crippen molar-refractivity contribution in [1.82, 2.24) is 19.8 Å². The molecule has 1 aromatic rings. The number of aromatic nitrogens is 2. The molecule has 6 heteroatoms. The van der Waals surface area contributed by atoms with Gasteiger partial charge in [-0.05, 0) is 44.4 Å². The van der Waals surface area contributed by atoms with Gasteiger partial charge in [0, 0.05) is 37.6 Å². The Labute approximate surface area is 156 Å². The Morgan fingerprint density at radius 2 is 1.96 bits per heavy atom. The molecule has 2 aliphatic heterocycles. The second kappa shape index (κ2) is 6.97. The normalized spacial score (nSPS) is 37.7. The topological polar surface area (TPSA) is 70.4 Å². The van der Waals surface area contributed by atoms with E-state index in [2.05, 4.69) is 22.1 Å². The molecule has 2 N–H and O–H groups in total. The van der Waals surface area contributed by atoms with Crippen molar-refractivity contribution in [2.45, 2.75) is 82.0 Å². The number of nitrogens with one attached hydrogen (secondary N) is 1. The summed E-state index contributed by atoms with van der Waals surface area (Å²) >= 11 is 0. The molecular weight excluding hydrogens is 328 g/mol. The van der Waals surface area contributed by atoms with Crippen molar-refractivity contribution in [1.29, 1.82) is 0 Å². The molecule has 0 spiro atoms. The number of piperidine rings is 1. The van der Waals surface area contributed by atoms with Crippen LogP contribution in [0.15, 0.2) is 12.4 Å². The van der Waals surface area contributed by atoms with E-state index in [1.165, 1.54) is 19.3 Å². The fourth-order valence-corrected chi connectivity index (χ4v) is 5.52. The summed E-state index contributed by atoms with van der Waals surface area (Å²) in [5.74, 6) is 1.50. The highest BCUT2D eigenvalue weighted by atomic mass is 16.3. The van der Waals surface area contributed by atoms with Gasteiger partial charge in [0.25, 0.3) is 0 Å².